The fourth-order valence-electron chi connectivity index (χ4n) is 2.40. The normalized spacial score (nSPS) is 13.0. The number of hydrogen-bond acceptors (Lipinski definition) is 2. The first-order chi connectivity index (χ1) is 9.07. The van der Waals surface area contributed by atoms with Gasteiger partial charge in [-0.25, -0.2) is 0 Å². The number of nitrogens with one attached hydrogen (secondary N) is 1. The van der Waals surface area contributed by atoms with Crippen molar-refractivity contribution < 1.29 is 0 Å². The van der Waals surface area contributed by atoms with Gasteiger partial charge in [0.2, 0.25) is 0 Å². The van der Waals surface area contributed by atoms with Gasteiger partial charge in [-0.05, 0) is 44.4 Å². The molecule has 0 heterocycles. The summed E-state index contributed by atoms with van der Waals surface area (Å²) >= 11 is 0. The van der Waals surface area contributed by atoms with Crippen molar-refractivity contribution >= 4 is 0 Å². The molecule has 0 saturated heterocycles. The minimum atomic E-state index is 0.157. The minimum absolute atomic E-state index is 0.157. The van der Waals surface area contributed by atoms with E-state index >= 15 is 0 Å². The molecule has 0 radical (unpaired) electrons. The lowest BCUT2D eigenvalue weighted by Gasteiger charge is -2.28. The maximum absolute atomic E-state index is 3.58. The van der Waals surface area contributed by atoms with Crippen LogP contribution in [0.4, 0.5) is 0 Å². The van der Waals surface area contributed by atoms with E-state index in [1.165, 1.54) is 11.1 Å². The minimum Gasteiger partial charge on any atom is -0.308 e. The summed E-state index contributed by atoms with van der Waals surface area (Å²) in [5.41, 5.74) is 3.33. The average molecular weight is 276 g/mol. The summed E-state index contributed by atoms with van der Waals surface area (Å²) in [5, 5.41) is 3.58. The van der Waals surface area contributed by atoms with E-state index < -0.39 is 0 Å². The highest BCUT2D eigenvalue weighted by Crippen LogP contribution is 2.18. The van der Waals surface area contributed by atoms with Crippen molar-refractivity contribution in [3.63, 3.8) is 0 Å². The van der Waals surface area contributed by atoms with Crippen LogP contribution in [0.25, 0.3) is 0 Å². The largest absolute Gasteiger partial charge is 0.308 e. The third-order valence-electron chi connectivity index (χ3n) is 3.11. The highest BCUT2D eigenvalue weighted by molar-refractivity contribution is 5.27. The van der Waals surface area contributed by atoms with E-state index in [1.807, 2.05) is 0 Å². The Morgan fingerprint density at radius 1 is 0.950 bits per heavy atom. The fourth-order valence-corrected chi connectivity index (χ4v) is 2.40. The average Bonchev–Trinajstić information content (AvgIpc) is 2.24. The molecule has 1 rings (SSSR count). The van der Waals surface area contributed by atoms with E-state index in [1.54, 1.807) is 0 Å². The Morgan fingerprint density at radius 2 is 1.50 bits per heavy atom. The molecule has 0 amide bonds. The van der Waals surface area contributed by atoms with Gasteiger partial charge in [0, 0.05) is 25.2 Å². The Balaban J connectivity index is 2.70. The standard InChI is InChI=1S/C18H32N2/c1-17(2,3)14-20(7)13-16-11-9-8-10-15(16)12-19-18(4,5)6/h8-11,19H,12-14H2,1-7H3. The molecule has 2 heteroatoms. The first kappa shape index (κ1) is 17.2. The molecule has 2 nitrogen and oxygen atoms in total. The quantitative estimate of drug-likeness (QED) is 0.872. The van der Waals surface area contributed by atoms with Crippen LogP contribution in [0.2, 0.25) is 0 Å². The van der Waals surface area contributed by atoms with Crippen LogP contribution < -0.4 is 5.32 Å². The van der Waals surface area contributed by atoms with Crippen LogP contribution in [0, 0.1) is 5.41 Å². The predicted octanol–water partition coefficient (Wildman–Crippen LogP) is 4.05. The molecule has 20 heavy (non-hydrogen) atoms. The Morgan fingerprint density at radius 3 is 2.00 bits per heavy atom. The van der Waals surface area contributed by atoms with Crippen molar-refractivity contribution in [2.75, 3.05) is 13.6 Å². The zero-order chi connectivity index (χ0) is 15.4. The van der Waals surface area contributed by atoms with Gasteiger partial charge >= 0.3 is 0 Å². The van der Waals surface area contributed by atoms with Crippen LogP contribution in [0.5, 0.6) is 0 Å². The van der Waals surface area contributed by atoms with Gasteiger partial charge in [-0.15, -0.1) is 0 Å². The molecule has 1 aromatic carbocycles. The SMILES string of the molecule is CN(Cc1ccccc1CNC(C)(C)C)CC(C)(C)C. The van der Waals surface area contributed by atoms with Crippen LogP contribution in [0.3, 0.4) is 0 Å². The lowest BCUT2D eigenvalue weighted by molar-refractivity contribution is 0.220. The zero-order valence-electron chi connectivity index (χ0n) is 14.4. The Kier molecular flexibility index (Phi) is 5.79. The molecule has 0 aromatic heterocycles. The van der Waals surface area contributed by atoms with E-state index in [-0.39, 0.29) is 5.54 Å². The van der Waals surface area contributed by atoms with Gasteiger partial charge in [0.15, 0.2) is 0 Å². The van der Waals surface area contributed by atoms with Crippen LogP contribution in [-0.2, 0) is 13.1 Å². The molecule has 0 aliphatic rings. The molecule has 0 spiro atoms. The van der Waals surface area contributed by atoms with Gasteiger partial charge in [0.05, 0.1) is 0 Å². The van der Waals surface area contributed by atoms with E-state index in [4.69, 9.17) is 0 Å². The Labute approximate surface area is 125 Å². The molecule has 0 bridgehead atoms. The molecule has 0 unspecified atom stereocenters. The Bertz CT molecular complexity index is 410. The summed E-state index contributed by atoms with van der Waals surface area (Å²) < 4.78 is 0. The summed E-state index contributed by atoms with van der Waals surface area (Å²) in [6.45, 7) is 16.5. The molecule has 1 aromatic rings. The third-order valence-corrected chi connectivity index (χ3v) is 3.11. The summed E-state index contributed by atoms with van der Waals surface area (Å²) in [4.78, 5) is 2.41. The van der Waals surface area contributed by atoms with Crippen molar-refractivity contribution in [2.45, 2.75) is 60.2 Å². The highest BCUT2D eigenvalue weighted by Gasteiger charge is 2.15. The van der Waals surface area contributed by atoms with Crippen LogP contribution >= 0.6 is 0 Å². The summed E-state index contributed by atoms with van der Waals surface area (Å²) in [6.07, 6.45) is 0. The maximum Gasteiger partial charge on any atom is 0.0234 e. The van der Waals surface area contributed by atoms with Gasteiger partial charge < -0.3 is 10.2 Å². The smallest absolute Gasteiger partial charge is 0.0234 e. The summed E-state index contributed by atoms with van der Waals surface area (Å²) in [6, 6.07) is 8.76. The highest BCUT2D eigenvalue weighted by atomic mass is 15.1. The molecule has 0 saturated carbocycles. The summed E-state index contributed by atoms with van der Waals surface area (Å²) in [7, 11) is 2.21. The number of nitrogens with zero attached hydrogens (tertiary/aromatic N) is 1. The van der Waals surface area contributed by atoms with Gasteiger partial charge in [-0.3, -0.25) is 0 Å². The molecule has 1 N–H and O–H groups in total. The van der Waals surface area contributed by atoms with E-state index in [0.717, 1.165) is 19.6 Å². The molecular weight excluding hydrogens is 244 g/mol. The second-order valence-corrected chi connectivity index (χ2v) is 8.11. The van der Waals surface area contributed by atoms with Crippen molar-refractivity contribution in [1.29, 1.82) is 0 Å². The first-order valence-corrected chi connectivity index (χ1v) is 7.57. The van der Waals surface area contributed by atoms with Gasteiger partial charge in [0.1, 0.15) is 0 Å². The first-order valence-electron chi connectivity index (χ1n) is 7.57. The van der Waals surface area contributed by atoms with Crippen molar-refractivity contribution in [2.24, 2.45) is 5.41 Å². The lowest BCUT2D eigenvalue weighted by atomic mass is 9.96. The van der Waals surface area contributed by atoms with Crippen LogP contribution in [0.15, 0.2) is 24.3 Å². The zero-order valence-corrected chi connectivity index (χ0v) is 14.4. The van der Waals surface area contributed by atoms with E-state index in [9.17, 15) is 0 Å². The molecule has 0 fully saturated rings. The molecule has 0 atom stereocenters. The number of hydrogen-bond donors (Lipinski definition) is 1. The molecule has 114 valence electrons. The van der Waals surface area contributed by atoms with E-state index in [2.05, 4.69) is 83.1 Å². The van der Waals surface area contributed by atoms with Crippen molar-refractivity contribution in [3.05, 3.63) is 35.4 Å². The second kappa shape index (κ2) is 6.73. The molecule has 0 aliphatic heterocycles. The van der Waals surface area contributed by atoms with Gasteiger partial charge in [-0.2, -0.15) is 0 Å². The molecular formula is C18H32N2. The lowest BCUT2D eigenvalue weighted by Crippen LogP contribution is -2.35. The summed E-state index contributed by atoms with van der Waals surface area (Å²) in [5.74, 6) is 0. The fraction of sp³-hybridized carbons (Fsp3) is 0.667. The molecule has 0 aliphatic carbocycles. The number of benzene rings is 1. The Hall–Kier alpha value is -0.860. The monoisotopic (exact) mass is 276 g/mol. The van der Waals surface area contributed by atoms with Crippen molar-refractivity contribution in [3.8, 4) is 0 Å². The maximum atomic E-state index is 3.58. The third kappa shape index (κ3) is 7.06. The van der Waals surface area contributed by atoms with E-state index in [0.29, 0.717) is 5.41 Å². The van der Waals surface area contributed by atoms with Gasteiger partial charge in [-0.1, -0.05) is 45.0 Å². The van der Waals surface area contributed by atoms with Gasteiger partial charge in [0.25, 0.3) is 0 Å². The van der Waals surface area contributed by atoms with Crippen molar-refractivity contribution in [1.82, 2.24) is 10.2 Å². The van der Waals surface area contributed by atoms with Crippen LogP contribution in [0.1, 0.15) is 52.7 Å². The predicted molar refractivity (Wildman–Crippen MR) is 88.8 cm³/mol. The van der Waals surface area contributed by atoms with Crippen LogP contribution in [-0.4, -0.2) is 24.0 Å². The topological polar surface area (TPSA) is 15.3 Å². The second-order valence-electron chi connectivity index (χ2n) is 8.11. The number of rotatable bonds is 5.